The molecule has 0 unspecified atom stereocenters. The minimum atomic E-state index is 0.646. The molecule has 4 heteroatoms. The Morgan fingerprint density at radius 3 is 2.80 bits per heavy atom. The Kier molecular flexibility index (Phi) is 2.57. The van der Waals surface area contributed by atoms with Gasteiger partial charge in [0.2, 0.25) is 0 Å². The van der Waals surface area contributed by atoms with E-state index in [0.717, 1.165) is 30.1 Å². The van der Waals surface area contributed by atoms with Gasteiger partial charge in [-0.1, -0.05) is 12.1 Å². The number of hydrogen-bond donors (Lipinski definition) is 1. The van der Waals surface area contributed by atoms with Crippen LogP contribution in [0, 0.1) is 0 Å². The van der Waals surface area contributed by atoms with E-state index in [9.17, 15) is 0 Å². The monoisotopic (exact) mass is 264 g/mol. The van der Waals surface area contributed by atoms with Gasteiger partial charge in [0.15, 0.2) is 5.82 Å². The van der Waals surface area contributed by atoms with Gasteiger partial charge < -0.3 is 9.88 Å². The Hall–Kier alpha value is -2.20. The topological polar surface area (TPSA) is 42.7 Å². The molecular weight excluding hydrogens is 248 g/mol. The summed E-state index contributed by atoms with van der Waals surface area (Å²) in [6.07, 6.45) is 1.81. The number of fused-ring (bicyclic) bond motifs is 1. The number of hydrogen-bond acceptors (Lipinski definition) is 3. The third-order valence-electron chi connectivity index (χ3n) is 4.05. The van der Waals surface area contributed by atoms with E-state index >= 15 is 0 Å². The highest BCUT2D eigenvalue weighted by atomic mass is 15.1. The first kappa shape index (κ1) is 11.6. The Balaban J connectivity index is 1.86. The molecule has 1 aliphatic heterocycles. The second-order valence-electron chi connectivity index (χ2n) is 5.31. The highest BCUT2D eigenvalue weighted by molar-refractivity contribution is 5.80. The predicted octanol–water partition coefficient (Wildman–Crippen LogP) is 2.32. The van der Waals surface area contributed by atoms with Gasteiger partial charge >= 0.3 is 0 Å². The van der Waals surface area contributed by atoms with Crippen LogP contribution in [0.5, 0.6) is 0 Å². The van der Waals surface area contributed by atoms with E-state index in [1.165, 1.54) is 11.1 Å². The molecule has 1 fully saturated rings. The van der Waals surface area contributed by atoms with Crippen molar-refractivity contribution in [2.24, 2.45) is 7.05 Å². The van der Waals surface area contributed by atoms with Gasteiger partial charge in [-0.3, -0.25) is 4.98 Å². The number of pyridine rings is 1. The first-order valence-corrected chi connectivity index (χ1v) is 6.91. The van der Waals surface area contributed by atoms with Crippen LogP contribution in [0.15, 0.2) is 42.6 Å². The molecule has 1 aliphatic rings. The number of aromatic nitrogens is 3. The van der Waals surface area contributed by atoms with Gasteiger partial charge in [-0.25, -0.2) is 4.98 Å². The van der Waals surface area contributed by atoms with Crippen LogP contribution in [-0.2, 0) is 7.05 Å². The van der Waals surface area contributed by atoms with Crippen LogP contribution in [0.4, 0.5) is 0 Å². The third-order valence-corrected chi connectivity index (χ3v) is 4.05. The Labute approximate surface area is 117 Å². The first-order valence-electron chi connectivity index (χ1n) is 6.91. The fraction of sp³-hybridized carbons (Fsp3) is 0.250. The minimum Gasteiger partial charge on any atom is -0.326 e. The number of rotatable bonds is 2. The smallest absolute Gasteiger partial charge is 0.159 e. The van der Waals surface area contributed by atoms with E-state index < -0.39 is 0 Å². The number of benzene rings is 1. The quantitative estimate of drug-likeness (QED) is 0.772. The Morgan fingerprint density at radius 1 is 1.20 bits per heavy atom. The van der Waals surface area contributed by atoms with Crippen molar-refractivity contribution in [3.8, 4) is 11.5 Å². The van der Waals surface area contributed by atoms with Crippen molar-refractivity contribution in [3.05, 3.63) is 48.2 Å². The summed E-state index contributed by atoms with van der Waals surface area (Å²) >= 11 is 0. The predicted molar refractivity (Wildman–Crippen MR) is 79.6 cm³/mol. The molecular formula is C16H16N4. The van der Waals surface area contributed by atoms with Crippen molar-refractivity contribution in [1.29, 1.82) is 0 Å². The lowest BCUT2D eigenvalue weighted by Crippen LogP contribution is -2.39. The van der Waals surface area contributed by atoms with Crippen LogP contribution in [0.2, 0.25) is 0 Å². The zero-order valence-electron chi connectivity index (χ0n) is 11.4. The summed E-state index contributed by atoms with van der Waals surface area (Å²) in [4.78, 5) is 9.11. The molecule has 3 heterocycles. The number of aryl methyl sites for hydroxylation is 1. The zero-order chi connectivity index (χ0) is 13.5. The number of nitrogens with zero attached hydrogens (tertiary/aromatic N) is 3. The van der Waals surface area contributed by atoms with Gasteiger partial charge in [-0.15, -0.1) is 0 Å². The number of imidazole rings is 1. The zero-order valence-corrected chi connectivity index (χ0v) is 11.4. The summed E-state index contributed by atoms with van der Waals surface area (Å²) in [6.45, 7) is 2.16. The molecule has 100 valence electrons. The van der Waals surface area contributed by atoms with Gasteiger partial charge in [0.1, 0.15) is 5.69 Å². The van der Waals surface area contributed by atoms with Crippen LogP contribution in [0.1, 0.15) is 11.5 Å². The van der Waals surface area contributed by atoms with Crippen molar-refractivity contribution in [1.82, 2.24) is 19.9 Å². The van der Waals surface area contributed by atoms with E-state index in [-0.39, 0.29) is 0 Å². The van der Waals surface area contributed by atoms with Crippen LogP contribution in [0.25, 0.3) is 22.6 Å². The van der Waals surface area contributed by atoms with Crippen LogP contribution >= 0.6 is 0 Å². The molecule has 1 aromatic carbocycles. The van der Waals surface area contributed by atoms with Gasteiger partial charge in [0.05, 0.1) is 11.0 Å². The van der Waals surface area contributed by atoms with Gasteiger partial charge in [-0.2, -0.15) is 0 Å². The molecule has 4 rings (SSSR count). The molecule has 1 saturated heterocycles. The molecule has 0 aliphatic carbocycles. The molecule has 0 radical (unpaired) electrons. The van der Waals surface area contributed by atoms with E-state index in [2.05, 4.69) is 40.1 Å². The summed E-state index contributed by atoms with van der Waals surface area (Å²) in [6, 6.07) is 12.5. The average Bonchev–Trinajstić information content (AvgIpc) is 2.75. The van der Waals surface area contributed by atoms with E-state index in [1.54, 1.807) is 6.20 Å². The van der Waals surface area contributed by atoms with E-state index in [0.29, 0.717) is 5.92 Å². The largest absolute Gasteiger partial charge is 0.326 e. The van der Waals surface area contributed by atoms with Gasteiger partial charge in [-0.05, 0) is 29.8 Å². The lowest BCUT2D eigenvalue weighted by Gasteiger charge is -2.27. The summed E-state index contributed by atoms with van der Waals surface area (Å²) in [7, 11) is 2.06. The molecule has 20 heavy (non-hydrogen) atoms. The van der Waals surface area contributed by atoms with Crippen molar-refractivity contribution in [2.45, 2.75) is 5.92 Å². The average molecular weight is 264 g/mol. The standard InChI is InChI=1S/C16H16N4/c1-20-15-8-11(12-9-17-10-12)5-6-13(15)19-16(20)14-4-2-3-7-18-14/h2-8,12,17H,9-10H2,1H3. The minimum absolute atomic E-state index is 0.646. The molecule has 4 nitrogen and oxygen atoms in total. The normalized spacial score (nSPS) is 15.4. The summed E-state index contributed by atoms with van der Waals surface area (Å²) in [5.74, 6) is 1.57. The highest BCUT2D eigenvalue weighted by Gasteiger charge is 2.20. The number of nitrogens with one attached hydrogen (secondary N) is 1. The Bertz CT molecular complexity index is 757. The fourth-order valence-corrected chi connectivity index (χ4v) is 2.71. The third kappa shape index (κ3) is 1.72. The Morgan fingerprint density at radius 2 is 2.10 bits per heavy atom. The first-order chi connectivity index (χ1) is 9.83. The molecule has 3 aromatic rings. The van der Waals surface area contributed by atoms with Gasteiger partial charge in [0.25, 0.3) is 0 Å². The van der Waals surface area contributed by atoms with Crippen LogP contribution in [-0.4, -0.2) is 27.6 Å². The van der Waals surface area contributed by atoms with Crippen molar-refractivity contribution >= 4 is 11.0 Å². The highest BCUT2D eigenvalue weighted by Crippen LogP contribution is 2.27. The molecule has 0 amide bonds. The summed E-state index contributed by atoms with van der Waals surface area (Å²) in [5.41, 5.74) is 4.52. The molecule has 2 aromatic heterocycles. The molecule has 0 spiro atoms. The second-order valence-corrected chi connectivity index (χ2v) is 5.31. The van der Waals surface area contributed by atoms with Crippen LogP contribution in [0.3, 0.4) is 0 Å². The molecule has 0 saturated carbocycles. The lowest BCUT2D eigenvalue weighted by atomic mass is 9.93. The van der Waals surface area contributed by atoms with E-state index in [4.69, 9.17) is 4.98 Å². The van der Waals surface area contributed by atoms with Gasteiger partial charge in [0, 0.05) is 32.3 Å². The van der Waals surface area contributed by atoms with Crippen molar-refractivity contribution in [2.75, 3.05) is 13.1 Å². The van der Waals surface area contributed by atoms with Crippen molar-refractivity contribution < 1.29 is 0 Å². The summed E-state index contributed by atoms with van der Waals surface area (Å²) < 4.78 is 2.13. The SMILES string of the molecule is Cn1c(-c2ccccn2)nc2ccc(C3CNC3)cc21. The van der Waals surface area contributed by atoms with E-state index in [1.807, 2.05) is 18.2 Å². The maximum absolute atomic E-state index is 4.71. The summed E-state index contributed by atoms with van der Waals surface area (Å²) in [5, 5.41) is 3.32. The van der Waals surface area contributed by atoms with Crippen molar-refractivity contribution in [3.63, 3.8) is 0 Å². The maximum Gasteiger partial charge on any atom is 0.159 e. The lowest BCUT2D eigenvalue weighted by molar-refractivity contribution is 0.448. The fourth-order valence-electron chi connectivity index (χ4n) is 2.71. The maximum atomic E-state index is 4.71. The molecule has 1 N–H and O–H groups in total. The molecule has 0 atom stereocenters. The molecule has 0 bridgehead atoms. The van der Waals surface area contributed by atoms with Crippen LogP contribution < -0.4 is 5.32 Å². The second kappa shape index (κ2) is 4.42.